The third-order valence-corrected chi connectivity index (χ3v) is 4.71. The van der Waals surface area contributed by atoms with Crippen molar-refractivity contribution in [3.63, 3.8) is 0 Å². The predicted octanol–water partition coefficient (Wildman–Crippen LogP) is 1.22. The number of nitrogens with zero attached hydrogens (tertiary/aromatic N) is 2. The van der Waals surface area contributed by atoms with Gasteiger partial charge in [-0.2, -0.15) is 0 Å². The van der Waals surface area contributed by atoms with Crippen LogP contribution in [0.4, 0.5) is 0 Å². The third kappa shape index (κ3) is 2.71. The Morgan fingerprint density at radius 1 is 1.30 bits per heavy atom. The number of hydrogen-bond donors (Lipinski definition) is 1. The zero-order chi connectivity index (χ0) is 14.7. The fraction of sp³-hybridized carbons (Fsp3) is 0.571. The van der Waals surface area contributed by atoms with Crippen LogP contribution in [0.1, 0.15) is 31.2 Å². The molecule has 1 aromatic rings. The van der Waals surface area contributed by atoms with E-state index < -0.39 is 11.8 Å². The SMILES string of the molecule is CCC(N)C(c1cccs1)N1CCN(CC)C(=O)C1=O. The van der Waals surface area contributed by atoms with Crippen LogP contribution in [-0.4, -0.2) is 47.3 Å². The molecule has 110 valence electrons. The van der Waals surface area contributed by atoms with Crippen molar-refractivity contribution in [2.24, 2.45) is 5.73 Å². The highest BCUT2D eigenvalue weighted by atomic mass is 32.1. The molecule has 20 heavy (non-hydrogen) atoms. The van der Waals surface area contributed by atoms with Crippen LogP contribution < -0.4 is 5.73 Å². The number of nitrogens with two attached hydrogens (primary N) is 1. The fourth-order valence-corrected chi connectivity index (χ4v) is 3.45. The van der Waals surface area contributed by atoms with Gasteiger partial charge in [0.2, 0.25) is 0 Å². The number of carbonyl (C=O) groups is 2. The van der Waals surface area contributed by atoms with E-state index in [1.165, 1.54) is 0 Å². The molecule has 1 fully saturated rings. The maximum absolute atomic E-state index is 12.3. The summed E-state index contributed by atoms with van der Waals surface area (Å²) >= 11 is 1.58. The number of likely N-dealkylation sites (N-methyl/N-ethyl adjacent to an activating group) is 1. The molecular weight excluding hydrogens is 274 g/mol. The molecule has 6 heteroatoms. The Hall–Kier alpha value is -1.40. The average Bonchev–Trinajstić information content (AvgIpc) is 2.97. The summed E-state index contributed by atoms with van der Waals surface area (Å²) in [6.45, 7) is 5.59. The summed E-state index contributed by atoms with van der Waals surface area (Å²) in [5.41, 5.74) is 6.20. The Morgan fingerprint density at radius 2 is 2.05 bits per heavy atom. The minimum atomic E-state index is -0.430. The Labute approximate surface area is 123 Å². The molecule has 1 aromatic heterocycles. The molecule has 0 spiro atoms. The Kier molecular flexibility index (Phi) is 4.77. The highest BCUT2D eigenvalue weighted by Gasteiger charge is 2.38. The molecule has 0 bridgehead atoms. The molecule has 2 unspecified atom stereocenters. The maximum atomic E-state index is 12.3. The molecule has 2 amide bonds. The molecule has 5 nitrogen and oxygen atoms in total. The van der Waals surface area contributed by atoms with E-state index in [0.717, 1.165) is 11.3 Å². The van der Waals surface area contributed by atoms with Gasteiger partial charge in [-0.25, -0.2) is 0 Å². The lowest BCUT2D eigenvalue weighted by Crippen LogP contribution is -2.57. The molecule has 2 atom stereocenters. The van der Waals surface area contributed by atoms with Crippen LogP contribution >= 0.6 is 11.3 Å². The first-order chi connectivity index (χ1) is 9.60. The van der Waals surface area contributed by atoms with Gasteiger partial charge in [-0.15, -0.1) is 11.3 Å². The smallest absolute Gasteiger partial charge is 0.312 e. The molecule has 2 N–H and O–H groups in total. The predicted molar refractivity (Wildman–Crippen MR) is 79.3 cm³/mol. The van der Waals surface area contributed by atoms with E-state index in [1.54, 1.807) is 21.1 Å². The Morgan fingerprint density at radius 3 is 2.60 bits per heavy atom. The van der Waals surface area contributed by atoms with Crippen LogP contribution in [-0.2, 0) is 9.59 Å². The molecule has 1 aliphatic heterocycles. The number of amides is 2. The van der Waals surface area contributed by atoms with Crippen molar-refractivity contribution < 1.29 is 9.59 Å². The average molecular weight is 295 g/mol. The van der Waals surface area contributed by atoms with Crippen molar-refractivity contribution >= 4 is 23.2 Å². The van der Waals surface area contributed by atoms with Crippen molar-refractivity contribution in [1.29, 1.82) is 0 Å². The maximum Gasteiger partial charge on any atom is 0.312 e. The summed E-state index contributed by atoms with van der Waals surface area (Å²) in [5.74, 6) is -0.844. The van der Waals surface area contributed by atoms with Crippen LogP contribution in [0.15, 0.2) is 17.5 Å². The number of hydrogen-bond acceptors (Lipinski definition) is 4. The standard InChI is InChI=1S/C14H21N3O2S/c1-3-10(15)12(11-6-5-9-20-11)17-8-7-16(4-2)13(18)14(17)19/h5-6,9-10,12H,3-4,7-8,15H2,1-2H3. The van der Waals surface area contributed by atoms with Crippen molar-refractivity contribution in [3.8, 4) is 0 Å². The van der Waals surface area contributed by atoms with Crippen LogP contribution in [0.5, 0.6) is 0 Å². The highest BCUT2D eigenvalue weighted by Crippen LogP contribution is 2.30. The topological polar surface area (TPSA) is 66.6 Å². The zero-order valence-electron chi connectivity index (χ0n) is 11.9. The number of piperazine rings is 1. The molecule has 1 saturated heterocycles. The van der Waals surface area contributed by atoms with Gasteiger partial charge in [-0.05, 0) is 24.8 Å². The molecule has 2 heterocycles. The molecular formula is C14H21N3O2S. The van der Waals surface area contributed by atoms with Gasteiger partial charge in [0.15, 0.2) is 0 Å². The van der Waals surface area contributed by atoms with E-state index in [9.17, 15) is 9.59 Å². The third-order valence-electron chi connectivity index (χ3n) is 3.77. The van der Waals surface area contributed by atoms with Gasteiger partial charge >= 0.3 is 11.8 Å². The lowest BCUT2D eigenvalue weighted by molar-refractivity contribution is -0.158. The van der Waals surface area contributed by atoms with Crippen LogP contribution in [0.25, 0.3) is 0 Å². The molecule has 0 radical (unpaired) electrons. The number of rotatable bonds is 5. The van der Waals surface area contributed by atoms with Crippen molar-refractivity contribution in [2.75, 3.05) is 19.6 Å². The van der Waals surface area contributed by atoms with Crippen molar-refractivity contribution in [2.45, 2.75) is 32.4 Å². The van der Waals surface area contributed by atoms with Crippen LogP contribution in [0, 0.1) is 0 Å². The number of thiophene rings is 1. The van der Waals surface area contributed by atoms with E-state index in [2.05, 4.69) is 0 Å². The van der Waals surface area contributed by atoms with Crippen molar-refractivity contribution in [1.82, 2.24) is 9.80 Å². The summed E-state index contributed by atoms with van der Waals surface area (Å²) in [5, 5.41) is 1.97. The second kappa shape index (κ2) is 6.37. The van der Waals surface area contributed by atoms with Gasteiger partial charge in [-0.1, -0.05) is 13.0 Å². The highest BCUT2D eigenvalue weighted by molar-refractivity contribution is 7.10. The quantitative estimate of drug-likeness (QED) is 0.831. The summed E-state index contributed by atoms with van der Waals surface area (Å²) < 4.78 is 0. The van der Waals surface area contributed by atoms with E-state index in [1.807, 2.05) is 31.4 Å². The minimum absolute atomic E-state index is 0.154. The van der Waals surface area contributed by atoms with Crippen LogP contribution in [0.3, 0.4) is 0 Å². The lowest BCUT2D eigenvalue weighted by atomic mass is 10.0. The van der Waals surface area contributed by atoms with Gasteiger partial charge in [0, 0.05) is 30.6 Å². The van der Waals surface area contributed by atoms with E-state index in [0.29, 0.717) is 19.6 Å². The van der Waals surface area contributed by atoms with E-state index >= 15 is 0 Å². The molecule has 0 aliphatic carbocycles. The second-order valence-electron chi connectivity index (χ2n) is 4.92. The molecule has 1 aliphatic rings. The molecule has 0 aromatic carbocycles. The van der Waals surface area contributed by atoms with E-state index in [-0.39, 0.29) is 12.1 Å². The Bertz CT molecular complexity index is 475. The van der Waals surface area contributed by atoms with Gasteiger partial charge in [0.1, 0.15) is 0 Å². The monoisotopic (exact) mass is 295 g/mol. The normalized spacial score (nSPS) is 19.4. The van der Waals surface area contributed by atoms with Gasteiger partial charge < -0.3 is 15.5 Å². The second-order valence-corrected chi connectivity index (χ2v) is 5.90. The first kappa shape index (κ1) is 15.0. The van der Waals surface area contributed by atoms with E-state index in [4.69, 9.17) is 5.73 Å². The first-order valence-electron chi connectivity index (χ1n) is 6.99. The Balaban J connectivity index is 2.26. The van der Waals surface area contributed by atoms with Crippen molar-refractivity contribution in [3.05, 3.63) is 22.4 Å². The van der Waals surface area contributed by atoms with Gasteiger partial charge in [-0.3, -0.25) is 9.59 Å². The van der Waals surface area contributed by atoms with Crippen LogP contribution in [0.2, 0.25) is 0 Å². The minimum Gasteiger partial charge on any atom is -0.333 e. The lowest BCUT2D eigenvalue weighted by Gasteiger charge is -2.39. The zero-order valence-corrected chi connectivity index (χ0v) is 12.7. The summed E-state index contributed by atoms with van der Waals surface area (Å²) in [6, 6.07) is 3.58. The molecule has 0 saturated carbocycles. The van der Waals surface area contributed by atoms with Gasteiger partial charge in [0.05, 0.1) is 6.04 Å². The summed E-state index contributed by atoms with van der Waals surface area (Å²) in [6.07, 6.45) is 0.762. The fourth-order valence-electron chi connectivity index (χ4n) is 2.54. The van der Waals surface area contributed by atoms with Gasteiger partial charge in [0.25, 0.3) is 0 Å². The summed E-state index contributed by atoms with van der Waals surface area (Å²) in [7, 11) is 0. The summed E-state index contributed by atoms with van der Waals surface area (Å²) in [4.78, 5) is 28.7. The number of carbonyl (C=O) groups excluding carboxylic acids is 2. The molecule has 2 rings (SSSR count). The largest absolute Gasteiger partial charge is 0.333 e. The first-order valence-corrected chi connectivity index (χ1v) is 7.86.